The van der Waals surface area contributed by atoms with E-state index in [0.29, 0.717) is 12.3 Å². The maximum absolute atomic E-state index is 13.1. The monoisotopic (exact) mass is 314 g/mol. The lowest BCUT2D eigenvalue weighted by molar-refractivity contribution is 0.151. The van der Waals surface area contributed by atoms with Gasteiger partial charge in [-0.2, -0.15) is 0 Å². The molecule has 120 valence electrons. The molecule has 0 bridgehead atoms. The number of hydrogen-bond acceptors (Lipinski definition) is 3. The lowest BCUT2D eigenvalue weighted by Crippen LogP contribution is -2.29. The number of amides is 1. The molecule has 0 radical (unpaired) electrons. The quantitative estimate of drug-likeness (QED) is 0.902. The molecule has 1 amide bonds. The second-order valence-electron chi connectivity index (χ2n) is 5.57. The van der Waals surface area contributed by atoms with Gasteiger partial charge in [0.2, 0.25) is 0 Å². The van der Waals surface area contributed by atoms with Crippen LogP contribution in [-0.4, -0.2) is 25.3 Å². The summed E-state index contributed by atoms with van der Waals surface area (Å²) in [6.07, 6.45) is 1.66. The van der Waals surface area contributed by atoms with Crippen molar-refractivity contribution in [3.8, 4) is 11.1 Å². The summed E-state index contributed by atoms with van der Waals surface area (Å²) in [5.74, 6) is -0.289. The third-order valence-corrected chi connectivity index (χ3v) is 3.90. The summed E-state index contributed by atoms with van der Waals surface area (Å²) in [6, 6.07) is 13.8. The number of benzene rings is 2. The second-order valence-corrected chi connectivity index (χ2v) is 5.57. The van der Waals surface area contributed by atoms with Gasteiger partial charge in [-0.25, -0.2) is 9.18 Å². The summed E-state index contributed by atoms with van der Waals surface area (Å²) in [6.45, 7) is 1.34. The van der Waals surface area contributed by atoms with E-state index < -0.39 is 6.09 Å². The van der Waals surface area contributed by atoms with Crippen molar-refractivity contribution in [1.29, 1.82) is 0 Å². The van der Waals surface area contributed by atoms with Crippen LogP contribution in [0.2, 0.25) is 0 Å². The first kappa shape index (κ1) is 15.5. The highest BCUT2D eigenvalue weighted by Crippen LogP contribution is 2.28. The highest BCUT2D eigenvalue weighted by molar-refractivity contribution is 5.91. The van der Waals surface area contributed by atoms with Gasteiger partial charge in [-0.1, -0.05) is 30.3 Å². The molecule has 0 aromatic heterocycles. The molecule has 1 heterocycles. The molecule has 5 heteroatoms. The number of anilines is 1. The first-order chi connectivity index (χ1) is 11.2. The van der Waals surface area contributed by atoms with Gasteiger partial charge in [-0.05, 0) is 43.1 Å². The van der Waals surface area contributed by atoms with Crippen molar-refractivity contribution in [2.24, 2.45) is 0 Å². The number of ether oxygens (including phenoxy) is 1. The standard InChI is InChI=1S/C18H19FN2O2/c19-14-9-7-13(8-10-14)16-5-1-2-6-17(16)21-18(22)23-12-15-4-3-11-20-15/h1-2,5-10,15,20H,3-4,11-12H2,(H,21,22)/t15-/m0/s1. The van der Waals surface area contributed by atoms with Crippen LogP contribution in [0.5, 0.6) is 0 Å². The van der Waals surface area contributed by atoms with Crippen LogP contribution in [0.4, 0.5) is 14.9 Å². The Balaban J connectivity index is 1.67. The van der Waals surface area contributed by atoms with Gasteiger partial charge < -0.3 is 10.1 Å². The van der Waals surface area contributed by atoms with Crippen molar-refractivity contribution in [1.82, 2.24) is 5.32 Å². The van der Waals surface area contributed by atoms with Gasteiger partial charge in [-0.3, -0.25) is 5.32 Å². The first-order valence-electron chi connectivity index (χ1n) is 7.74. The highest BCUT2D eigenvalue weighted by atomic mass is 19.1. The molecular weight excluding hydrogens is 295 g/mol. The van der Waals surface area contributed by atoms with Crippen LogP contribution >= 0.6 is 0 Å². The van der Waals surface area contributed by atoms with Crippen molar-refractivity contribution in [2.45, 2.75) is 18.9 Å². The Hall–Kier alpha value is -2.40. The van der Waals surface area contributed by atoms with E-state index in [1.807, 2.05) is 18.2 Å². The average Bonchev–Trinajstić information content (AvgIpc) is 3.08. The van der Waals surface area contributed by atoms with Crippen LogP contribution < -0.4 is 10.6 Å². The Bertz CT molecular complexity index is 667. The molecule has 1 saturated heterocycles. The molecule has 23 heavy (non-hydrogen) atoms. The summed E-state index contributed by atoms with van der Waals surface area (Å²) in [4.78, 5) is 12.0. The van der Waals surface area contributed by atoms with E-state index >= 15 is 0 Å². The van der Waals surface area contributed by atoms with Gasteiger partial charge in [0.05, 0.1) is 5.69 Å². The fraction of sp³-hybridized carbons (Fsp3) is 0.278. The molecule has 1 fully saturated rings. The van der Waals surface area contributed by atoms with Gasteiger partial charge in [0.1, 0.15) is 12.4 Å². The molecule has 2 N–H and O–H groups in total. The third-order valence-electron chi connectivity index (χ3n) is 3.90. The minimum atomic E-state index is -0.478. The molecule has 0 saturated carbocycles. The molecule has 1 aliphatic heterocycles. The normalized spacial score (nSPS) is 17.0. The number of para-hydroxylation sites is 1. The van der Waals surface area contributed by atoms with Crippen LogP contribution in [0.25, 0.3) is 11.1 Å². The van der Waals surface area contributed by atoms with Gasteiger partial charge in [0.25, 0.3) is 0 Å². The third kappa shape index (κ3) is 4.07. The van der Waals surface area contributed by atoms with E-state index in [0.717, 1.165) is 30.5 Å². The topological polar surface area (TPSA) is 50.4 Å². The van der Waals surface area contributed by atoms with Crippen LogP contribution in [0.3, 0.4) is 0 Å². The lowest BCUT2D eigenvalue weighted by Gasteiger charge is -2.14. The number of carbonyl (C=O) groups is 1. The van der Waals surface area contributed by atoms with E-state index in [1.54, 1.807) is 18.2 Å². The van der Waals surface area contributed by atoms with Crippen molar-refractivity contribution in [3.05, 3.63) is 54.3 Å². The number of hydrogen-bond donors (Lipinski definition) is 2. The zero-order chi connectivity index (χ0) is 16.1. The van der Waals surface area contributed by atoms with Gasteiger partial charge >= 0.3 is 6.09 Å². The molecular formula is C18H19FN2O2. The molecule has 4 nitrogen and oxygen atoms in total. The van der Waals surface area contributed by atoms with E-state index in [4.69, 9.17) is 4.74 Å². The Morgan fingerprint density at radius 3 is 2.74 bits per heavy atom. The largest absolute Gasteiger partial charge is 0.448 e. The fourth-order valence-electron chi connectivity index (χ4n) is 2.69. The molecule has 0 aliphatic carbocycles. The number of carbonyl (C=O) groups excluding carboxylic acids is 1. The van der Waals surface area contributed by atoms with Crippen molar-refractivity contribution in [3.63, 3.8) is 0 Å². The van der Waals surface area contributed by atoms with E-state index in [1.165, 1.54) is 12.1 Å². The zero-order valence-corrected chi connectivity index (χ0v) is 12.7. The first-order valence-corrected chi connectivity index (χ1v) is 7.74. The molecule has 2 aromatic carbocycles. The molecule has 0 unspecified atom stereocenters. The van der Waals surface area contributed by atoms with E-state index in [9.17, 15) is 9.18 Å². The number of rotatable bonds is 4. The molecule has 1 atom stereocenters. The lowest BCUT2D eigenvalue weighted by atomic mass is 10.0. The van der Waals surface area contributed by atoms with Crippen molar-refractivity contribution in [2.75, 3.05) is 18.5 Å². The number of halogens is 1. The Labute approximate surface area is 134 Å². The van der Waals surface area contributed by atoms with Gasteiger partial charge in [0, 0.05) is 11.6 Å². The Kier molecular flexibility index (Phi) is 4.88. The maximum Gasteiger partial charge on any atom is 0.411 e. The summed E-state index contributed by atoms with van der Waals surface area (Å²) in [5, 5.41) is 6.04. The van der Waals surface area contributed by atoms with Gasteiger partial charge in [-0.15, -0.1) is 0 Å². The minimum Gasteiger partial charge on any atom is -0.448 e. The SMILES string of the molecule is O=C(Nc1ccccc1-c1ccc(F)cc1)OC[C@@H]1CCCN1. The highest BCUT2D eigenvalue weighted by Gasteiger charge is 2.16. The average molecular weight is 314 g/mol. The summed E-state index contributed by atoms with van der Waals surface area (Å²) < 4.78 is 18.3. The second kappa shape index (κ2) is 7.24. The Morgan fingerprint density at radius 2 is 2.00 bits per heavy atom. The van der Waals surface area contributed by atoms with Crippen LogP contribution in [0, 0.1) is 5.82 Å². The maximum atomic E-state index is 13.1. The van der Waals surface area contributed by atoms with Crippen LogP contribution in [-0.2, 0) is 4.74 Å². The zero-order valence-electron chi connectivity index (χ0n) is 12.7. The summed E-state index contributed by atoms with van der Waals surface area (Å²) in [5.41, 5.74) is 2.30. The fourth-order valence-corrected chi connectivity index (χ4v) is 2.69. The van der Waals surface area contributed by atoms with Crippen LogP contribution in [0.1, 0.15) is 12.8 Å². The summed E-state index contributed by atoms with van der Waals surface area (Å²) in [7, 11) is 0. The van der Waals surface area contributed by atoms with E-state index in [-0.39, 0.29) is 11.9 Å². The minimum absolute atomic E-state index is 0.244. The van der Waals surface area contributed by atoms with Gasteiger partial charge in [0.15, 0.2) is 0 Å². The Morgan fingerprint density at radius 1 is 1.22 bits per heavy atom. The molecule has 3 rings (SSSR count). The van der Waals surface area contributed by atoms with Crippen molar-refractivity contribution >= 4 is 11.8 Å². The predicted molar refractivity (Wildman–Crippen MR) is 87.8 cm³/mol. The van der Waals surface area contributed by atoms with E-state index in [2.05, 4.69) is 10.6 Å². The van der Waals surface area contributed by atoms with Crippen LogP contribution in [0.15, 0.2) is 48.5 Å². The molecule has 0 spiro atoms. The molecule has 1 aliphatic rings. The molecule has 2 aromatic rings. The van der Waals surface area contributed by atoms with Crippen molar-refractivity contribution < 1.29 is 13.9 Å². The summed E-state index contributed by atoms with van der Waals surface area (Å²) >= 11 is 0. The smallest absolute Gasteiger partial charge is 0.411 e. The predicted octanol–water partition coefficient (Wildman–Crippen LogP) is 3.79. The number of nitrogens with one attached hydrogen (secondary N) is 2.